The molecule has 0 fully saturated rings. The number of amidine groups is 2. The number of anilines is 1. The van der Waals surface area contributed by atoms with Gasteiger partial charge in [0.05, 0.1) is 6.26 Å². The van der Waals surface area contributed by atoms with Gasteiger partial charge >= 0.3 is 0 Å². The van der Waals surface area contributed by atoms with E-state index in [1.807, 2.05) is 60.7 Å². The second-order valence-electron chi connectivity index (χ2n) is 7.01. The fourth-order valence-electron chi connectivity index (χ4n) is 3.25. The molecule has 0 aliphatic carbocycles. The third-order valence-corrected chi connectivity index (χ3v) is 4.79. The van der Waals surface area contributed by atoms with Gasteiger partial charge in [0.1, 0.15) is 12.3 Å². The molecule has 7 nitrogen and oxygen atoms in total. The smallest absolute Gasteiger partial charge is 0.300 e. The number of quaternary nitrogens is 1. The number of furan rings is 1. The van der Waals surface area contributed by atoms with Crippen molar-refractivity contribution in [1.82, 2.24) is 0 Å². The van der Waals surface area contributed by atoms with Crippen LogP contribution in [0.2, 0.25) is 0 Å². The zero-order chi connectivity index (χ0) is 21.1. The van der Waals surface area contributed by atoms with Gasteiger partial charge in [-0.25, -0.2) is 4.99 Å². The number of nitrogens with one attached hydrogen (secondary N) is 1. The van der Waals surface area contributed by atoms with Crippen molar-refractivity contribution >= 4 is 23.6 Å². The number of nitrogens with two attached hydrogens (primary N) is 1. The topological polar surface area (TPSA) is 88.3 Å². The highest BCUT2D eigenvalue weighted by Gasteiger charge is 2.39. The van der Waals surface area contributed by atoms with E-state index in [1.165, 1.54) is 0 Å². The molecule has 2 aromatic carbocycles. The molecular weight excluding hydrogens is 388 g/mol. The number of hydrogen-bond acceptors (Lipinski definition) is 6. The van der Waals surface area contributed by atoms with Gasteiger partial charge in [-0.2, -0.15) is 4.99 Å². The molecule has 0 saturated heterocycles. The van der Waals surface area contributed by atoms with Gasteiger partial charge in [-0.3, -0.25) is 0 Å². The fraction of sp³-hybridized carbons (Fsp3) is 0.0417. The number of benzene rings is 2. The minimum atomic E-state index is -0.342. The largest absolute Gasteiger partial charge is 0.461 e. The van der Waals surface area contributed by atoms with Crippen LogP contribution in [0.3, 0.4) is 0 Å². The first kappa shape index (κ1) is 18.8. The molecular formula is C24H19N6O+. The van der Waals surface area contributed by atoms with E-state index in [9.17, 15) is 0 Å². The summed E-state index contributed by atoms with van der Waals surface area (Å²) in [5, 5.41) is 7.93. The molecule has 0 saturated carbocycles. The normalized spacial score (nSPS) is 20.0. The Hall–Kier alpha value is -4.25. The van der Waals surface area contributed by atoms with Crippen molar-refractivity contribution in [3.63, 3.8) is 0 Å². The molecule has 3 heterocycles. The van der Waals surface area contributed by atoms with Gasteiger partial charge in [-0.15, -0.1) is 5.84 Å². The van der Waals surface area contributed by atoms with Crippen LogP contribution in [0.5, 0.6) is 0 Å². The average molecular weight is 407 g/mol. The summed E-state index contributed by atoms with van der Waals surface area (Å²) in [6, 6.07) is 23.3. The standard InChI is InChI=1S/C24H19N6O/c25-30-17-20(26-16-23(30)28-24(29-30)22-12-7-15-31-22)13-14-21(18-8-3-1-4-9-18)27-19-10-5-2-6-11-19/h1-12,15-17,21,27H,25H2/q+1. The Bertz CT molecular complexity index is 1260. The molecule has 1 aromatic heterocycles. The van der Waals surface area contributed by atoms with Crippen molar-refractivity contribution in [3.8, 4) is 11.8 Å². The van der Waals surface area contributed by atoms with Crippen molar-refractivity contribution in [3.05, 3.63) is 102 Å². The van der Waals surface area contributed by atoms with E-state index in [4.69, 9.17) is 10.3 Å². The van der Waals surface area contributed by atoms with Crippen molar-refractivity contribution in [2.45, 2.75) is 6.04 Å². The minimum Gasteiger partial charge on any atom is -0.461 e. The number of nitrogens with zero attached hydrogens (tertiary/aromatic N) is 4. The molecule has 2 aliphatic heterocycles. The van der Waals surface area contributed by atoms with E-state index in [1.54, 1.807) is 30.8 Å². The van der Waals surface area contributed by atoms with E-state index in [-0.39, 0.29) is 10.7 Å². The summed E-state index contributed by atoms with van der Waals surface area (Å²) in [5.74, 6) is 14.3. The van der Waals surface area contributed by atoms with Crippen LogP contribution in [0.25, 0.3) is 0 Å². The fourth-order valence-corrected chi connectivity index (χ4v) is 3.25. The van der Waals surface area contributed by atoms with Gasteiger partial charge in [0.2, 0.25) is 0 Å². The Morgan fingerprint density at radius 1 is 0.968 bits per heavy atom. The lowest BCUT2D eigenvalue weighted by Gasteiger charge is -2.18. The third kappa shape index (κ3) is 3.94. The SMILES string of the molecule is N[N+]12C=C(C#CC(Nc3ccccc3)c3ccccc3)N=CC1=NC(c1ccco1)=N2. The van der Waals surface area contributed by atoms with Gasteiger partial charge in [-0.05, 0) is 45.6 Å². The maximum Gasteiger partial charge on any atom is 0.300 e. The zero-order valence-corrected chi connectivity index (χ0v) is 16.5. The van der Waals surface area contributed by atoms with Crippen LogP contribution < -0.4 is 11.2 Å². The zero-order valence-electron chi connectivity index (χ0n) is 16.5. The van der Waals surface area contributed by atoms with E-state index < -0.39 is 0 Å². The van der Waals surface area contributed by atoms with E-state index in [2.05, 4.69) is 32.2 Å². The maximum absolute atomic E-state index is 6.42. The van der Waals surface area contributed by atoms with Crippen LogP contribution in [0.1, 0.15) is 17.4 Å². The molecule has 2 atom stereocenters. The molecule has 0 bridgehead atoms. The number of allylic oxidation sites excluding steroid dienone is 1. The summed E-state index contributed by atoms with van der Waals surface area (Å²) in [6.07, 6.45) is 4.83. The van der Waals surface area contributed by atoms with Crippen LogP contribution in [0.15, 0.2) is 110 Å². The third-order valence-electron chi connectivity index (χ3n) is 4.79. The van der Waals surface area contributed by atoms with Crippen molar-refractivity contribution < 1.29 is 9.12 Å². The lowest BCUT2D eigenvalue weighted by molar-refractivity contribution is -0.803. The van der Waals surface area contributed by atoms with Crippen molar-refractivity contribution in [2.75, 3.05) is 5.32 Å². The molecule has 0 amide bonds. The van der Waals surface area contributed by atoms with Gasteiger partial charge < -0.3 is 9.73 Å². The van der Waals surface area contributed by atoms with Crippen LogP contribution >= 0.6 is 0 Å². The van der Waals surface area contributed by atoms with E-state index in [0.29, 0.717) is 23.1 Å². The summed E-state index contributed by atoms with van der Waals surface area (Å²) in [4.78, 5) is 8.83. The van der Waals surface area contributed by atoms with Gasteiger partial charge in [0.15, 0.2) is 17.7 Å². The maximum atomic E-state index is 6.42. The summed E-state index contributed by atoms with van der Waals surface area (Å²) < 4.78 is 5.03. The van der Waals surface area contributed by atoms with Crippen molar-refractivity contribution in [1.29, 1.82) is 0 Å². The molecule has 2 aliphatic rings. The van der Waals surface area contributed by atoms with Gasteiger partial charge in [-0.1, -0.05) is 54.5 Å². The number of rotatable bonds is 4. The molecule has 31 heavy (non-hydrogen) atoms. The predicted octanol–water partition coefficient (Wildman–Crippen LogP) is 3.83. The second-order valence-corrected chi connectivity index (χ2v) is 7.01. The number of fused-ring (bicyclic) bond motifs is 1. The minimum absolute atomic E-state index is 0.221. The summed E-state index contributed by atoms with van der Waals surface area (Å²) in [5.41, 5.74) is 2.55. The molecule has 7 heteroatoms. The Labute approximate surface area is 179 Å². The summed E-state index contributed by atoms with van der Waals surface area (Å²) in [7, 11) is 0. The Morgan fingerprint density at radius 2 is 1.74 bits per heavy atom. The second kappa shape index (κ2) is 7.88. The van der Waals surface area contributed by atoms with Crippen molar-refractivity contribution in [2.24, 2.45) is 20.9 Å². The highest BCUT2D eigenvalue weighted by atomic mass is 16.3. The Kier molecular flexibility index (Phi) is 4.77. The molecule has 150 valence electrons. The van der Waals surface area contributed by atoms with Crippen LogP contribution in [0, 0.1) is 11.8 Å². The first-order chi connectivity index (χ1) is 15.2. The first-order valence-electron chi connectivity index (χ1n) is 9.75. The van der Waals surface area contributed by atoms with E-state index >= 15 is 0 Å². The molecule has 3 aromatic rings. The number of aliphatic imine (C=N–C) groups is 2. The van der Waals surface area contributed by atoms with Crippen LogP contribution in [-0.2, 0) is 0 Å². The predicted molar refractivity (Wildman–Crippen MR) is 121 cm³/mol. The lowest BCUT2D eigenvalue weighted by atomic mass is 10.1. The lowest BCUT2D eigenvalue weighted by Crippen LogP contribution is -2.50. The number of hydrogen-bond donors (Lipinski definition) is 2. The monoisotopic (exact) mass is 407 g/mol. The van der Waals surface area contributed by atoms with Crippen LogP contribution in [-0.4, -0.2) is 22.6 Å². The van der Waals surface area contributed by atoms with Gasteiger partial charge in [0, 0.05) is 5.69 Å². The molecule has 3 N–H and O–H groups in total. The van der Waals surface area contributed by atoms with E-state index in [0.717, 1.165) is 11.3 Å². The average Bonchev–Trinajstić information content (AvgIpc) is 3.45. The summed E-state index contributed by atoms with van der Waals surface area (Å²) >= 11 is 0. The Morgan fingerprint density at radius 3 is 2.48 bits per heavy atom. The number of para-hydroxylation sites is 1. The van der Waals surface area contributed by atoms with Gasteiger partial charge in [0.25, 0.3) is 11.7 Å². The quantitative estimate of drug-likeness (QED) is 0.391. The summed E-state index contributed by atoms with van der Waals surface area (Å²) in [6.45, 7) is 0. The molecule has 5 rings (SSSR count). The first-order valence-corrected chi connectivity index (χ1v) is 9.75. The van der Waals surface area contributed by atoms with Crippen LogP contribution in [0.4, 0.5) is 5.69 Å². The highest BCUT2D eigenvalue weighted by molar-refractivity contribution is 6.31. The Balaban J connectivity index is 1.44. The highest BCUT2D eigenvalue weighted by Crippen LogP contribution is 2.22. The molecule has 2 unspecified atom stereocenters. The molecule has 0 radical (unpaired) electrons. The molecule has 0 spiro atoms.